The van der Waals surface area contributed by atoms with Gasteiger partial charge < -0.3 is 18.3 Å². The summed E-state index contributed by atoms with van der Waals surface area (Å²) in [6.07, 6.45) is 15.1. The molecule has 202 valence electrons. The van der Waals surface area contributed by atoms with Crippen LogP contribution in [0.4, 0.5) is 0 Å². The molecular formula is C34H42O4. The molecule has 3 aromatic carbocycles. The summed E-state index contributed by atoms with van der Waals surface area (Å²) in [5.41, 5.74) is 3.43. The van der Waals surface area contributed by atoms with Gasteiger partial charge in [-0.3, -0.25) is 0 Å². The smallest absolute Gasteiger partial charge is 0.139 e. The second kappa shape index (κ2) is 13.1. The molecule has 0 saturated heterocycles. The Balaban J connectivity index is 1.25. The number of unbranched alkanes of at least 4 members (excludes halogenated alkanes) is 10. The summed E-state index contributed by atoms with van der Waals surface area (Å²) in [6.45, 7) is 6.00. The van der Waals surface area contributed by atoms with E-state index in [-0.39, 0.29) is 0 Å². The third kappa shape index (κ3) is 6.28. The highest BCUT2D eigenvalue weighted by molar-refractivity contribution is 6.14. The van der Waals surface area contributed by atoms with Crippen molar-refractivity contribution in [3.05, 3.63) is 48.5 Å². The van der Waals surface area contributed by atoms with E-state index in [0.29, 0.717) is 0 Å². The Morgan fingerprint density at radius 2 is 0.842 bits per heavy atom. The topological polar surface area (TPSA) is 44.7 Å². The van der Waals surface area contributed by atoms with Gasteiger partial charge in [-0.1, -0.05) is 78.1 Å². The van der Waals surface area contributed by atoms with Gasteiger partial charge in [0.2, 0.25) is 0 Å². The van der Waals surface area contributed by atoms with Gasteiger partial charge in [-0.05, 0) is 49.2 Å². The average Bonchev–Trinajstić information content (AvgIpc) is 3.47. The molecule has 5 aromatic rings. The molecule has 0 aliphatic heterocycles. The molecule has 0 radical (unpaired) electrons. The van der Waals surface area contributed by atoms with E-state index >= 15 is 0 Å². The van der Waals surface area contributed by atoms with Gasteiger partial charge in [-0.25, -0.2) is 0 Å². The van der Waals surface area contributed by atoms with Crippen LogP contribution in [0.25, 0.3) is 43.9 Å². The SMILES string of the molecule is CCCCCCCCOc1ccc2c(c1)oc1cc3c(cc12)oc1cc(OCCCCCCCC)ccc13. The van der Waals surface area contributed by atoms with E-state index in [1.54, 1.807) is 0 Å². The van der Waals surface area contributed by atoms with Crippen molar-refractivity contribution in [2.45, 2.75) is 90.9 Å². The molecule has 0 bridgehead atoms. The molecule has 0 spiro atoms. The zero-order valence-electron chi connectivity index (χ0n) is 23.2. The number of furan rings is 2. The summed E-state index contributed by atoms with van der Waals surface area (Å²) in [4.78, 5) is 0. The lowest BCUT2D eigenvalue weighted by atomic mass is 10.1. The molecule has 0 aliphatic carbocycles. The minimum atomic E-state index is 0.751. The second-order valence-electron chi connectivity index (χ2n) is 10.6. The van der Waals surface area contributed by atoms with Gasteiger partial charge in [0.1, 0.15) is 33.8 Å². The van der Waals surface area contributed by atoms with Crippen molar-refractivity contribution in [2.75, 3.05) is 13.2 Å². The van der Waals surface area contributed by atoms with Gasteiger partial charge in [-0.15, -0.1) is 0 Å². The maximum absolute atomic E-state index is 6.27. The van der Waals surface area contributed by atoms with Crippen LogP contribution < -0.4 is 9.47 Å². The summed E-state index contributed by atoms with van der Waals surface area (Å²) in [5.74, 6) is 1.74. The van der Waals surface area contributed by atoms with Crippen LogP contribution >= 0.6 is 0 Å². The van der Waals surface area contributed by atoms with E-state index in [4.69, 9.17) is 18.3 Å². The zero-order chi connectivity index (χ0) is 26.2. The van der Waals surface area contributed by atoms with Crippen molar-refractivity contribution < 1.29 is 18.3 Å². The summed E-state index contributed by atoms with van der Waals surface area (Å²) in [7, 11) is 0. The number of benzene rings is 3. The summed E-state index contributed by atoms with van der Waals surface area (Å²) >= 11 is 0. The van der Waals surface area contributed by atoms with Gasteiger partial charge in [0.05, 0.1) is 13.2 Å². The Bertz CT molecular complexity index is 1350. The third-order valence-corrected chi connectivity index (χ3v) is 7.54. The first-order valence-corrected chi connectivity index (χ1v) is 14.8. The van der Waals surface area contributed by atoms with Crippen LogP contribution in [-0.4, -0.2) is 13.2 Å². The van der Waals surface area contributed by atoms with Crippen LogP contribution in [0.2, 0.25) is 0 Å². The molecule has 0 amide bonds. The van der Waals surface area contributed by atoms with E-state index in [9.17, 15) is 0 Å². The van der Waals surface area contributed by atoms with Crippen molar-refractivity contribution in [2.24, 2.45) is 0 Å². The fourth-order valence-electron chi connectivity index (χ4n) is 5.33. The van der Waals surface area contributed by atoms with E-state index < -0.39 is 0 Å². The molecule has 0 saturated carbocycles. The largest absolute Gasteiger partial charge is 0.493 e. The molecule has 0 unspecified atom stereocenters. The molecule has 5 rings (SSSR count). The zero-order valence-corrected chi connectivity index (χ0v) is 23.2. The summed E-state index contributed by atoms with van der Waals surface area (Å²) < 4.78 is 24.6. The second-order valence-corrected chi connectivity index (χ2v) is 10.6. The number of hydrogen-bond donors (Lipinski definition) is 0. The molecule has 4 nitrogen and oxygen atoms in total. The lowest BCUT2D eigenvalue weighted by Crippen LogP contribution is -1.97. The molecule has 0 atom stereocenters. The lowest BCUT2D eigenvalue weighted by Gasteiger charge is -2.06. The predicted molar refractivity (Wildman–Crippen MR) is 159 cm³/mol. The van der Waals surface area contributed by atoms with Crippen LogP contribution in [0.5, 0.6) is 11.5 Å². The van der Waals surface area contributed by atoms with Crippen molar-refractivity contribution >= 4 is 43.9 Å². The molecule has 0 aliphatic rings. The number of hydrogen-bond acceptors (Lipinski definition) is 4. The monoisotopic (exact) mass is 514 g/mol. The fourth-order valence-corrected chi connectivity index (χ4v) is 5.33. The number of ether oxygens (including phenoxy) is 2. The molecule has 2 aromatic heterocycles. The molecule has 4 heteroatoms. The van der Waals surface area contributed by atoms with Crippen molar-refractivity contribution in [3.63, 3.8) is 0 Å². The maximum atomic E-state index is 6.27. The van der Waals surface area contributed by atoms with Gasteiger partial charge in [0.25, 0.3) is 0 Å². The molecule has 0 fully saturated rings. The summed E-state index contributed by atoms with van der Waals surface area (Å²) in [5, 5.41) is 4.29. The van der Waals surface area contributed by atoms with Crippen molar-refractivity contribution in [1.29, 1.82) is 0 Å². The van der Waals surface area contributed by atoms with Crippen molar-refractivity contribution in [3.8, 4) is 11.5 Å². The minimum absolute atomic E-state index is 0.751. The molecule has 2 heterocycles. The average molecular weight is 515 g/mol. The first-order chi connectivity index (χ1) is 18.8. The van der Waals surface area contributed by atoms with Gasteiger partial charge in [0, 0.05) is 33.7 Å². The first-order valence-electron chi connectivity index (χ1n) is 14.8. The fraction of sp³-hybridized carbons (Fsp3) is 0.471. The molecule has 38 heavy (non-hydrogen) atoms. The standard InChI is InChI=1S/C34H42O4/c1-3-5-7-9-11-13-19-35-25-15-17-27-29-23-34-30(24-33(29)37-31(27)21-25)28-18-16-26(22-32(28)38-34)36-20-14-12-10-8-6-4-2/h15-18,21-24H,3-14,19-20H2,1-2H3. The maximum Gasteiger partial charge on any atom is 0.139 e. The highest BCUT2D eigenvalue weighted by atomic mass is 16.5. The van der Waals surface area contributed by atoms with E-state index in [1.807, 2.05) is 24.3 Å². The Morgan fingerprint density at radius 1 is 0.447 bits per heavy atom. The number of rotatable bonds is 16. The first kappa shape index (κ1) is 26.5. The normalized spacial score (nSPS) is 11.8. The van der Waals surface area contributed by atoms with Crippen molar-refractivity contribution in [1.82, 2.24) is 0 Å². The quantitative estimate of drug-likeness (QED) is 0.123. The van der Waals surface area contributed by atoms with Crippen LogP contribution in [-0.2, 0) is 0 Å². The molecular weight excluding hydrogens is 472 g/mol. The van der Waals surface area contributed by atoms with E-state index in [0.717, 1.165) is 81.4 Å². The van der Waals surface area contributed by atoms with Crippen LogP contribution in [0.15, 0.2) is 57.4 Å². The Morgan fingerprint density at radius 3 is 1.29 bits per heavy atom. The van der Waals surface area contributed by atoms with Crippen LogP contribution in [0.3, 0.4) is 0 Å². The van der Waals surface area contributed by atoms with E-state index in [1.165, 1.54) is 64.2 Å². The van der Waals surface area contributed by atoms with Gasteiger partial charge >= 0.3 is 0 Å². The number of fused-ring (bicyclic) bond motifs is 6. The predicted octanol–water partition coefficient (Wildman–Crippen LogP) is 11.0. The third-order valence-electron chi connectivity index (χ3n) is 7.54. The minimum Gasteiger partial charge on any atom is -0.493 e. The molecule has 0 N–H and O–H groups in total. The highest BCUT2D eigenvalue weighted by Gasteiger charge is 2.14. The van der Waals surface area contributed by atoms with Gasteiger partial charge in [-0.2, -0.15) is 0 Å². The highest BCUT2D eigenvalue weighted by Crippen LogP contribution is 2.38. The van der Waals surface area contributed by atoms with Crippen LogP contribution in [0, 0.1) is 0 Å². The van der Waals surface area contributed by atoms with Crippen LogP contribution in [0.1, 0.15) is 90.9 Å². The Kier molecular flexibility index (Phi) is 9.11. The van der Waals surface area contributed by atoms with Gasteiger partial charge in [0.15, 0.2) is 0 Å². The summed E-state index contributed by atoms with van der Waals surface area (Å²) in [6, 6.07) is 16.5. The van der Waals surface area contributed by atoms with E-state index in [2.05, 4.69) is 38.1 Å². The Labute approximate surface area is 226 Å². The lowest BCUT2D eigenvalue weighted by molar-refractivity contribution is 0.304. The Hall–Kier alpha value is -3.14.